The fraction of sp³-hybridized carbons (Fsp3) is 0.433. The predicted molar refractivity (Wildman–Crippen MR) is 148 cm³/mol. The molecule has 2 fully saturated rings. The van der Waals surface area contributed by atoms with E-state index in [9.17, 15) is 27.2 Å². The topological polar surface area (TPSA) is 64.9 Å². The van der Waals surface area contributed by atoms with E-state index in [0.717, 1.165) is 11.6 Å². The Morgan fingerprint density at radius 2 is 1.71 bits per heavy atom. The molecule has 2 saturated heterocycles. The smallest absolute Gasteiger partial charge is 0.369 e. The number of rotatable bonds is 5. The van der Waals surface area contributed by atoms with Gasteiger partial charge < -0.3 is 14.7 Å². The number of nitrogens with zero attached hydrogens (tertiary/aromatic N) is 6. The zero-order valence-electron chi connectivity index (χ0n) is 23.4. The number of likely N-dealkylation sites (N-methyl/N-ethyl adjacent to an activating group) is 1. The molecule has 0 N–H and O–H groups in total. The number of fused-ring (bicyclic) bond motifs is 1. The van der Waals surface area contributed by atoms with E-state index in [-0.39, 0.29) is 42.2 Å². The Morgan fingerprint density at radius 1 is 0.976 bits per heavy atom. The van der Waals surface area contributed by atoms with Gasteiger partial charge >= 0.3 is 12.2 Å². The third-order valence-electron chi connectivity index (χ3n) is 8.64. The summed E-state index contributed by atoms with van der Waals surface area (Å²) < 4.78 is 57.8. The molecule has 8 nitrogen and oxygen atoms in total. The molecule has 1 atom stereocenters. The van der Waals surface area contributed by atoms with Gasteiger partial charge in [-0.25, -0.2) is 9.18 Å². The fourth-order valence-electron chi connectivity index (χ4n) is 6.42. The first kappa shape index (κ1) is 28.0. The van der Waals surface area contributed by atoms with Crippen LogP contribution in [0.4, 0.5) is 33.9 Å². The normalized spacial score (nSPS) is 20.1. The summed E-state index contributed by atoms with van der Waals surface area (Å²) in [6.45, 7) is 3.40. The molecule has 4 heterocycles. The Kier molecular flexibility index (Phi) is 7.10. The van der Waals surface area contributed by atoms with Gasteiger partial charge in [0.1, 0.15) is 11.9 Å². The first-order valence-corrected chi connectivity index (χ1v) is 14.1. The van der Waals surface area contributed by atoms with Gasteiger partial charge in [0.05, 0.1) is 24.3 Å². The highest BCUT2D eigenvalue weighted by molar-refractivity contribution is 5.94. The molecule has 2 aromatic carbocycles. The maximum absolute atomic E-state index is 14.6. The number of amides is 3. The Bertz CT molecular complexity index is 1490. The van der Waals surface area contributed by atoms with Crippen LogP contribution in [-0.2, 0) is 24.1 Å². The summed E-state index contributed by atoms with van der Waals surface area (Å²) in [5.41, 5.74) is 1.22. The largest absolute Gasteiger partial charge is 0.416 e. The van der Waals surface area contributed by atoms with E-state index in [2.05, 4.69) is 5.10 Å². The molecule has 0 aliphatic carbocycles. The third kappa shape index (κ3) is 4.96. The number of hydrogen-bond acceptors (Lipinski definition) is 4. The monoisotopic (exact) mass is 584 g/mol. The number of benzene rings is 2. The maximum Gasteiger partial charge on any atom is 0.416 e. The van der Waals surface area contributed by atoms with E-state index in [1.54, 1.807) is 33.8 Å². The maximum atomic E-state index is 14.6. The number of halogens is 4. The Balaban J connectivity index is 1.31. The molecule has 0 radical (unpaired) electrons. The highest BCUT2D eigenvalue weighted by atomic mass is 19.4. The Labute approximate surface area is 241 Å². The molecule has 1 unspecified atom stereocenters. The zero-order valence-corrected chi connectivity index (χ0v) is 23.4. The molecule has 3 aliphatic rings. The summed E-state index contributed by atoms with van der Waals surface area (Å²) in [6, 6.07) is 9.04. The molecule has 1 aromatic heterocycles. The molecule has 12 heteroatoms. The van der Waals surface area contributed by atoms with Crippen LogP contribution >= 0.6 is 0 Å². The average molecular weight is 585 g/mol. The second-order valence-electron chi connectivity index (χ2n) is 11.3. The number of carbonyl (C=O) groups is 2. The van der Waals surface area contributed by atoms with Crippen LogP contribution < -0.4 is 9.80 Å². The fourth-order valence-corrected chi connectivity index (χ4v) is 6.42. The molecular formula is C30H32F4N6O2. The highest BCUT2D eigenvalue weighted by Crippen LogP contribution is 2.38. The van der Waals surface area contributed by atoms with Crippen LogP contribution in [0.25, 0.3) is 0 Å². The van der Waals surface area contributed by atoms with Crippen molar-refractivity contribution in [2.45, 2.75) is 57.5 Å². The van der Waals surface area contributed by atoms with Crippen LogP contribution in [0.2, 0.25) is 0 Å². The first-order valence-electron chi connectivity index (χ1n) is 14.1. The van der Waals surface area contributed by atoms with Crippen molar-refractivity contribution >= 4 is 23.4 Å². The molecule has 6 rings (SSSR count). The number of aromatic nitrogens is 2. The minimum absolute atomic E-state index is 0.0396. The number of aryl methyl sites for hydroxylation is 1. The van der Waals surface area contributed by atoms with Crippen molar-refractivity contribution in [1.29, 1.82) is 0 Å². The molecule has 222 valence electrons. The van der Waals surface area contributed by atoms with Crippen molar-refractivity contribution < 1.29 is 27.2 Å². The number of urea groups is 1. The Morgan fingerprint density at radius 3 is 2.38 bits per heavy atom. The minimum atomic E-state index is -4.59. The van der Waals surface area contributed by atoms with E-state index in [1.807, 2.05) is 17.9 Å². The summed E-state index contributed by atoms with van der Waals surface area (Å²) in [4.78, 5) is 33.4. The Hall–Kier alpha value is -4.09. The van der Waals surface area contributed by atoms with Crippen LogP contribution in [0.5, 0.6) is 0 Å². The van der Waals surface area contributed by atoms with E-state index in [1.165, 1.54) is 29.2 Å². The number of para-hydroxylation sites is 1. The number of piperidine rings is 1. The molecule has 3 aromatic rings. The van der Waals surface area contributed by atoms with Crippen molar-refractivity contribution in [2.24, 2.45) is 0 Å². The van der Waals surface area contributed by atoms with Gasteiger partial charge in [-0.15, -0.1) is 0 Å². The predicted octanol–water partition coefficient (Wildman–Crippen LogP) is 5.36. The van der Waals surface area contributed by atoms with Crippen LogP contribution in [-0.4, -0.2) is 64.2 Å². The van der Waals surface area contributed by atoms with Gasteiger partial charge in [-0.05, 0) is 49.4 Å². The van der Waals surface area contributed by atoms with Gasteiger partial charge in [0, 0.05) is 44.5 Å². The molecule has 3 amide bonds. The van der Waals surface area contributed by atoms with Crippen molar-refractivity contribution in [3.8, 4) is 0 Å². The summed E-state index contributed by atoms with van der Waals surface area (Å²) in [6.07, 6.45) is -1.14. The van der Waals surface area contributed by atoms with Crippen molar-refractivity contribution in [3.05, 3.63) is 76.7 Å². The molecule has 0 spiro atoms. The zero-order chi connectivity index (χ0) is 29.8. The van der Waals surface area contributed by atoms with Crippen molar-refractivity contribution in [2.75, 3.05) is 36.5 Å². The van der Waals surface area contributed by atoms with E-state index in [4.69, 9.17) is 0 Å². The van der Waals surface area contributed by atoms with Crippen LogP contribution in [0, 0.1) is 12.7 Å². The standard InChI is InChI=1S/C30H32F4N6O2/c1-19-6-5-9-24(31)26(19)37-14-10-22(11-15-37)38-17-21-18-40(25-12-13-36(2)28(25)41)35-27(21)39(29(38)42)16-20-7-3-4-8-23(20)30(32,33)34/h3-9,18,22,25H,10-17H2,1-2H3. The van der Waals surface area contributed by atoms with Crippen LogP contribution in [0.1, 0.15) is 47.6 Å². The second-order valence-corrected chi connectivity index (χ2v) is 11.3. The van der Waals surface area contributed by atoms with Crippen LogP contribution in [0.15, 0.2) is 48.7 Å². The van der Waals surface area contributed by atoms with Gasteiger partial charge in [-0.2, -0.15) is 18.3 Å². The van der Waals surface area contributed by atoms with Crippen molar-refractivity contribution in [3.63, 3.8) is 0 Å². The number of alkyl halides is 3. The van der Waals surface area contributed by atoms with Crippen LogP contribution in [0.3, 0.4) is 0 Å². The molecular weight excluding hydrogens is 552 g/mol. The number of carbonyl (C=O) groups excluding carboxylic acids is 2. The van der Waals surface area contributed by atoms with Gasteiger partial charge in [-0.3, -0.25) is 14.4 Å². The van der Waals surface area contributed by atoms with E-state index in [0.29, 0.717) is 50.1 Å². The summed E-state index contributed by atoms with van der Waals surface area (Å²) >= 11 is 0. The lowest BCUT2D eigenvalue weighted by atomic mass is 10.00. The quantitative estimate of drug-likeness (QED) is 0.379. The molecule has 0 saturated carbocycles. The minimum Gasteiger partial charge on any atom is -0.369 e. The summed E-state index contributed by atoms with van der Waals surface area (Å²) in [5.74, 6) is -0.112. The number of anilines is 2. The SMILES string of the molecule is Cc1cccc(F)c1N1CCC(N2Cc3cn(C4CCN(C)C4=O)nc3N(Cc3ccccc3C(F)(F)F)C2=O)CC1. The summed E-state index contributed by atoms with van der Waals surface area (Å²) in [7, 11) is 1.71. The average Bonchev–Trinajstić information content (AvgIpc) is 3.52. The van der Waals surface area contributed by atoms with Gasteiger partial charge in [0.15, 0.2) is 5.82 Å². The lowest BCUT2D eigenvalue weighted by molar-refractivity contribution is -0.138. The highest BCUT2D eigenvalue weighted by Gasteiger charge is 2.41. The van der Waals surface area contributed by atoms with E-state index >= 15 is 0 Å². The lowest BCUT2D eigenvalue weighted by Crippen LogP contribution is -2.54. The van der Waals surface area contributed by atoms with Crippen molar-refractivity contribution in [1.82, 2.24) is 19.6 Å². The second kappa shape index (κ2) is 10.6. The number of hydrogen-bond donors (Lipinski definition) is 0. The summed E-state index contributed by atoms with van der Waals surface area (Å²) in [5, 5.41) is 4.60. The van der Waals surface area contributed by atoms with Gasteiger partial charge in [-0.1, -0.05) is 30.3 Å². The van der Waals surface area contributed by atoms with Gasteiger partial charge in [0.2, 0.25) is 5.91 Å². The lowest BCUT2D eigenvalue weighted by Gasteiger charge is -2.43. The molecule has 42 heavy (non-hydrogen) atoms. The molecule has 3 aliphatic heterocycles. The van der Waals surface area contributed by atoms with E-state index < -0.39 is 23.8 Å². The number of likely N-dealkylation sites (tertiary alicyclic amines) is 1. The first-order chi connectivity index (χ1) is 20.0. The third-order valence-corrected chi connectivity index (χ3v) is 8.64. The van der Waals surface area contributed by atoms with Gasteiger partial charge in [0.25, 0.3) is 0 Å². The molecule has 0 bridgehead atoms.